The van der Waals surface area contributed by atoms with E-state index >= 15 is 0 Å². The average molecular weight is 386 g/mol. The molecule has 8 heteroatoms. The lowest BCUT2D eigenvalue weighted by Crippen LogP contribution is -2.23. The van der Waals surface area contributed by atoms with Crippen LogP contribution in [0.4, 0.5) is 11.6 Å². The maximum Gasteiger partial charge on any atom is 0.255 e. The molecule has 0 saturated heterocycles. The van der Waals surface area contributed by atoms with Crippen LogP contribution in [0, 0.1) is 13.8 Å². The molecule has 1 aromatic heterocycles. The molecule has 0 radical (unpaired) electrons. The average Bonchev–Trinajstić information content (AvgIpc) is 2.92. The molecule has 2 aromatic carbocycles. The number of nitrogen functional groups attached to an aromatic ring is 1. The molecule has 142 valence electrons. The topological polar surface area (TPSA) is 107 Å². The van der Waals surface area contributed by atoms with Crippen LogP contribution in [-0.4, -0.2) is 28.5 Å². The molecule has 0 atom stereocenters. The van der Waals surface area contributed by atoms with Crippen molar-refractivity contribution in [1.82, 2.24) is 8.96 Å². The monoisotopic (exact) mass is 386 g/mol. The normalized spacial score (nSPS) is 11.9. The van der Waals surface area contributed by atoms with E-state index in [-0.39, 0.29) is 11.9 Å². The van der Waals surface area contributed by atoms with Crippen molar-refractivity contribution < 1.29 is 13.2 Å². The summed E-state index contributed by atoms with van der Waals surface area (Å²) in [6, 6.07) is 10.3. The van der Waals surface area contributed by atoms with Crippen LogP contribution in [0.3, 0.4) is 0 Å². The molecular formula is C19H22N4O3S. The molecule has 0 fully saturated rings. The zero-order valence-corrected chi connectivity index (χ0v) is 16.5. The third-order valence-corrected chi connectivity index (χ3v) is 6.60. The Morgan fingerprint density at radius 1 is 1.11 bits per heavy atom. The minimum Gasteiger partial charge on any atom is -0.368 e. The summed E-state index contributed by atoms with van der Waals surface area (Å²) in [6.45, 7) is 7.07. The fourth-order valence-corrected chi connectivity index (χ4v) is 3.86. The van der Waals surface area contributed by atoms with Crippen LogP contribution < -0.4 is 11.1 Å². The molecule has 0 aliphatic rings. The highest BCUT2D eigenvalue weighted by Gasteiger charge is 2.24. The number of imidazole rings is 1. The first-order valence-electron chi connectivity index (χ1n) is 8.52. The summed E-state index contributed by atoms with van der Waals surface area (Å²) < 4.78 is 26.2. The lowest BCUT2D eigenvalue weighted by molar-refractivity contribution is 0.102. The fraction of sp³-hybridized carbons (Fsp3) is 0.263. The maximum atomic E-state index is 12.6. The molecule has 7 nitrogen and oxygen atoms in total. The molecular weight excluding hydrogens is 364 g/mol. The number of nitrogens with two attached hydrogens (primary N) is 1. The van der Waals surface area contributed by atoms with E-state index in [0.717, 1.165) is 15.1 Å². The minimum atomic E-state index is -3.68. The third kappa shape index (κ3) is 3.40. The second kappa shape index (κ2) is 6.70. The quantitative estimate of drug-likeness (QED) is 0.716. The van der Waals surface area contributed by atoms with Crippen LogP contribution in [0.5, 0.6) is 0 Å². The second-order valence-corrected chi connectivity index (χ2v) is 9.12. The smallest absolute Gasteiger partial charge is 0.255 e. The molecule has 3 rings (SSSR count). The summed E-state index contributed by atoms with van der Waals surface area (Å²) in [5.41, 5.74) is 9.73. The van der Waals surface area contributed by atoms with Gasteiger partial charge in [-0.1, -0.05) is 6.07 Å². The lowest BCUT2D eigenvalue weighted by Gasteiger charge is -2.12. The summed E-state index contributed by atoms with van der Waals surface area (Å²) in [5.74, 6) is -0.375. The van der Waals surface area contributed by atoms with E-state index in [1.165, 1.54) is 0 Å². The van der Waals surface area contributed by atoms with Crippen molar-refractivity contribution in [3.63, 3.8) is 0 Å². The van der Waals surface area contributed by atoms with Crippen LogP contribution in [0.25, 0.3) is 11.0 Å². The van der Waals surface area contributed by atoms with E-state index in [1.54, 1.807) is 38.1 Å². The zero-order valence-electron chi connectivity index (χ0n) is 15.6. The molecule has 1 heterocycles. The molecule has 1 amide bonds. The number of hydrogen-bond acceptors (Lipinski definition) is 5. The third-order valence-electron chi connectivity index (χ3n) is 4.51. The first-order chi connectivity index (χ1) is 12.6. The Morgan fingerprint density at radius 3 is 2.44 bits per heavy atom. The SMILES string of the molecule is Cc1ccc(C(=O)Nc2ccc3nc(N)n(S(=O)(=O)C(C)C)c3c2)cc1C. The largest absolute Gasteiger partial charge is 0.368 e. The van der Waals surface area contributed by atoms with E-state index in [9.17, 15) is 13.2 Å². The molecule has 0 saturated carbocycles. The molecule has 27 heavy (non-hydrogen) atoms. The van der Waals surface area contributed by atoms with E-state index in [4.69, 9.17) is 5.73 Å². The van der Waals surface area contributed by atoms with E-state index in [2.05, 4.69) is 10.3 Å². The first kappa shape index (κ1) is 18.9. The predicted molar refractivity (Wildman–Crippen MR) is 107 cm³/mol. The Labute approximate surface area is 158 Å². The lowest BCUT2D eigenvalue weighted by atomic mass is 10.1. The molecule has 0 bridgehead atoms. The second-order valence-electron chi connectivity index (χ2n) is 6.78. The molecule has 0 aliphatic heterocycles. The van der Waals surface area contributed by atoms with Crippen molar-refractivity contribution in [2.75, 3.05) is 11.1 Å². The van der Waals surface area contributed by atoms with Crippen molar-refractivity contribution in [1.29, 1.82) is 0 Å². The summed E-state index contributed by atoms with van der Waals surface area (Å²) in [4.78, 5) is 16.6. The van der Waals surface area contributed by atoms with Gasteiger partial charge in [-0.05, 0) is 69.2 Å². The van der Waals surface area contributed by atoms with Crippen molar-refractivity contribution in [2.24, 2.45) is 0 Å². The molecule has 3 aromatic rings. The number of carbonyl (C=O) groups excluding carboxylic acids is 1. The van der Waals surface area contributed by atoms with Gasteiger partial charge in [0.05, 0.1) is 16.3 Å². The number of rotatable bonds is 4. The van der Waals surface area contributed by atoms with Gasteiger partial charge in [-0.25, -0.2) is 17.4 Å². The number of nitrogens with zero attached hydrogens (tertiary/aromatic N) is 2. The van der Waals surface area contributed by atoms with Crippen molar-refractivity contribution in [3.05, 3.63) is 53.1 Å². The van der Waals surface area contributed by atoms with Crippen LogP contribution >= 0.6 is 0 Å². The Morgan fingerprint density at radius 2 is 1.81 bits per heavy atom. The highest BCUT2D eigenvalue weighted by Crippen LogP contribution is 2.25. The number of fused-ring (bicyclic) bond motifs is 1. The van der Waals surface area contributed by atoms with Gasteiger partial charge in [0.15, 0.2) is 0 Å². The highest BCUT2D eigenvalue weighted by atomic mass is 32.2. The number of aryl methyl sites for hydroxylation is 2. The van der Waals surface area contributed by atoms with Crippen molar-refractivity contribution in [2.45, 2.75) is 32.9 Å². The minimum absolute atomic E-state index is 0.101. The van der Waals surface area contributed by atoms with Gasteiger partial charge < -0.3 is 11.1 Å². The van der Waals surface area contributed by atoms with Crippen LogP contribution in [0.1, 0.15) is 35.3 Å². The maximum absolute atomic E-state index is 12.6. The number of aromatic nitrogens is 2. The number of anilines is 2. The van der Waals surface area contributed by atoms with Crippen LogP contribution in [0.2, 0.25) is 0 Å². The summed E-state index contributed by atoms with van der Waals surface area (Å²) in [7, 11) is -3.68. The molecule has 0 unspecified atom stereocenters. The van der Waals surface area contributed by atoms with Crippen LogP contribution in [-0.2, 0) is 10.0 Å². The van der Waals surface area contributed by atoms with E-state index < -0.39 is 15.3 Å². The van der Waals surface area contributed by atoms with Crippen molar-refractivity contribution in [3.8, 4) is 0 Å². The summed E-state index contributed by atoms with van der Waals surface area (Å²) in [6.07, 6.45) is 0. The van der Waals surface area contributed by atoms with Gasteiger partial charge in [0.1, 0.15) is 0 Å². The van der Waals surface area contributed by atoms with Gasteiger partial charge in [0.25, 0.3) is 5.91 Å². The Hall–Kier alpha value is -2.87. The van der Waals surface area contributed by atoms with E-state index in [1.807, 2.05) is 26.0 Å². The van der Waals surface area contributed by atoms with Crippen LogP contribution in [0.15, 0.2) is 36.4 Å². The predicted octanol–water partition coefficient (Wildman–Crippen LogP) is 3.07. The number of nitrogens with one attached hydrogen (secondary N) is 1. The van der Waals surface area contributed by atoms with Gasteiger partial charge in [0, 0.05) is 11.3 Å². The fourth-order valence-electron chi connectivity index (χ4n) is 2.71. The number of amides is 1. The Kier molecular flexibility index (Phi) is 4.69. The first-order valence-corrected chi connectivity index (χ1v) is 10.0. The van der Waals surface area contributed by atoms with Gasteiger partial charge >= 0.3 is 0 Å². The molecule has 0 aliphatic carbocycles. The van der Waals surface area contributed by atoms with E-state index in [0.29, 0.717) is 22.3 Å². The van der Waals surface area contributed by atoms with Gasteiger partial charge in [-0.3, -0.25) is 4.79 Å². The number of benzene rings is 2. The summed E-state index contributed by atoms with van der Waals surface area (Å²) >= 11 is 0. The molecule has 0 spiro atoms. The standard InChI is InChI=1S/C19H22N4O3S/c1-11(2)27(25,26)23-17-10-15(7-8-16(17)22-19(23)20)21-18(24)14-6-5-12(3)13(4)9-14/h5-11H,1-4H3,(H2,20,22)(H,21,24). The van der Waals surface area contributed by atoms with Gasteiger partial charge in [-0.15, -0.1) is 0 Å². The number of carbonyl (C=O) groups is 1. The van der Waals surface area contributed by atoms with Crippen molar-refractivity contribution >= 4 is 38.6 Å². The molecule has 3 N–H and O–H groups in total. The summed E-state index contributed by atoms with van der Waals surface area (Å²) in [5, 5.41) is 2.14. The highest BCUT2D eigenvalue weighted by molar-refractivity contribution is 7.90. The zero-order chi connectivity index (χ0) is 19.9. The Balaban J connectivity index is 2.01. The van der Waals surface area contributed by atoms with Gasteiger partial charge in [-0.2, -0.15) is 0 Å². The Bertz CT molecular complexity index is 1150. The van der Waals surface area contributed by atoms with Gasteiger partial charge in [0.2, 0.25) is 16.0 Å². The number of hydrogen-bond donors (Lipinski definition) is 2.